The van der Waals surface area contributed by atoms with Gasteiger partial charge < -0.3 is 10.2 Å². The summed E-state index contributed by atoms with van der Waals surface area (Å²) in [6.45, 7) is 3.45. The van der Waals surface area contributed by atoms with Gasteiger partial charge in [-0.3, -0.25) is 9.59 Å². The number of carbonyl (C=O) groups is 2. The number of carbonyl (C=O) groups excluding carboxylic acids is 2. The van der Waals surface area contributed by atoms with Gasteiger partial charge in [-0.25, -0.2) is 0 Å². The zero-order valence-electron chi connectivity index (χ0n) is 11.3. The van der Waals surface area contributed by atoms with Crippen molar-refractivity contribution in [2.24, 2.45) is 0 Å². The van der Waals surface area contributed by atoms with Gasteiger partial charge in [-0.1, -0.05) is 19.1 Å². The van der Waals surface area contributed by atoms with Crippen LogP contribution in [0.25, 0.3) is 0 Å². The number of hydrogen-bond acceptors (Lipinski definition) is 2. The molecular formula is C15H20N2O2. The molecule has 4 nitrogen and oxygen atoms in total. The van der Waals surface area contributed by atoms with Crippen LogP contribution in [0.4, 0.5) is 5.69 Å². The Kier molecular flexibility index (Phi) is 4.55. The lowest BCUT2D eigenvalue weighted by molar-refractivity contribution is -0.128. The average Bonchev–Trinajstić information content (AvgIpc) is 2.76. The highest BCUT2D eigenvalue weighted by Gasteiger charge is 2.19. The predicted molar refractivity (Wildman–Crippen MR) is 74.6 cm³/mol. The first-order valence-electron chi connectivity index (χ1n) is 6.85. The SMILES string of the molecule is CCCC(=O)Nc1cccc(CN2CCCC2=O)c1. The largest absolute Gasteiger partial charge is 0.338 e. The maximum absolute atomic E-state index is 11.6. The molecule has 0 radical (unpaired) electrons. The molecule has 1 aromatic rings. The van der Waals surface area contributed by atoms with Crippen LogP contribution < -0.4 is 5.32 Å². The van der Waals surface area contributed by atoms with Gasteiger partial charge in [0.15, 0.2) is 0 Å². The molecule has 1 aromatic carbocycles. The van der Waals surface area contributed by atoms with Gasteiger partial charge in [0.1, 0.15) is 0 Å². The van der Waals surface area contributed by atoms with Crippen LogP contribution in [-0.2, 0) is 16.1 Å². The van der Waals surface area contributed by atoms with E-state index in [0.717, 1.165) is 30.6 Å². The summed E-state index contributed by atoms with van der Waals surface area (Å²) in [4.78, 5) is 25.0. The number of amides is 2. The van der Waals surface area contributed by atoms with E-state index in [1.54, 1.807) is 0 Å². The molecule has 0 spiro atoms. The van der Waals surface area contributed by atoms with Crippen LogP contribution >= 0.6 is 0 Å². The second kappa shape index (κ2) is 6.36. The molecule has 2 rings (SSSR count). The Morgan fingerprint density at radius 1 is 1.42 bits per heavy atom. The van der Waals surface area contributed by atoms with E-state index >= 15 is 0 Å². The average molecular weight is 260 g/mol. The van der Waals surface area contributed by atoms with Crippen molar-refractivity contribution in [2.45, 2.75) is 39.2 Å². The molecule has 0 unspecified atom stereocenters. The first-order valence-corrected chi connectivity index (χ1v) is 6.85. The van der Waals surface area contributed by atoms with Crippen molar-refractivity contribution in [2.75, 3.05) is 11.9 Å². The molecule has 0 saturated carbocycles. The Morgan fingerprint density at radius 3 is 2.95 bits per heavy atom. The van der Waals surface area contributed by atoms with Crippen molar-refractivity contribution >= 4 is 17.5 Å². The molecule has 1 N–H and O–H groups in total. The molecular weight excluding hydrogens is 240 g/mol. The predicted octanol–water partition coefficient (Wildman–Crippen LogP) is 2.55. The molecule has 0 bridgehead atoms. The molecule has 19 heavy (non-hydrogen) atoms. The minimum atomic E-state index is 0.0388. The van der Waals surface area contributed by atoms with E-state index in [1.807, 2.05) is 36.1 Å². The number of nitrogens with one attached hydrogen (secondary N) is 1. The van der Waals surface area contributed by atoms with Crippen LogP contribution in [0, 0.1) is 0 Å². The molecule has 1 aliphatic rings. The van der Waals surface area contributed by atoms with Gasteiger partial charge in [0.05, 0.1) is 0 Å². The zero-order chi connectivity index (χ0) is 13.7. The monoisotopic (exact) mass is 260 g/mol. The molecule has 102 valence electrons. The van der Waals surface area contributed by atoms with E-state index < -0.39 is 0 Å². The molecule has 1 heterocycles. The molecule has 4 heteroatoms. The highest BCUT2D eigenvalue weighted by molar-refractivity contribution is 5.90. The summed E-state index contributed by atoms with van der Waals surface area (Å²) in [7, 11) is 0. The fraction of sp³-hybridized carbons (Fsp3) is 0.467. The number of anilines is 1. The topological polar surface area (TPSA) is 49.4 Å². The Labute approximate surface area is 113 Å². The van der Waals surface area contributed by atoms with E-state index in [9.17, 15) is 9.59 Å². The molecule has 0 atom stereocenters. The first-order chi connectivity index (χ1) is 9.19. The van der Waals surface area contributed by atoms with E-state index in [1.165, 1.54) is 0 Å². The number of benzene rings is 1. The second-order valence-corrected chi connectivity index (χ2v) is 4.92. The smallest absolute Gasteiger partial charge is 0.224 e. The summed E-state index contributed by atoms with van der Waals surface area (Å²) in [5.74, 6) is 0.261. The van der Waals surface area contributed by atoms with Crippen LogP contribution in [0.1, 0.15) is 38.2 Å². The van der Waals surface area contributed by atoms with Crippen LogP contribution in [0.5, 0.6) is 0 Å². The summed E-state index contributed by atoms with van der Waals surface area (Å²) in [5.41, 5.74) is 1.87. The van der Waals surface area contributed by atoms with Crippen LogP contribution in [0.2, 0.25) is 0 Å². The fourth-order valence-corrected chi connectivity index (χ4v) is 2.29. The zero-order valence-corrected chi connectivity index (χ0v) is 11.3. The van der Waals surface area contributed by atoms with Gasteiger partial charge in [-0.05, 0) is 30.5 Å². The maximum Gasteiger partial charge on any atom is 0.224 e. The minimum Gasteiger partial charge on any atom is -0.338 e. The summed E-state index contributed by atoms with van der Waals surface area (Å²) in [5, 5.41) is 2.88. The van der Waals surface area contributed by atoms with Gasteiger partial charge in [-0.2, -0.15) is 0 Å². The molecule has 0 aliphatic carbocycles. The quantitative estimate of drug-likeness (QED) is 0.884. The lowest BCUT2D eigenvalue weighted by atomic mass is 10.2. The molecule has 2 amide bonds. The van der Waals surface area contributed by atoms with Crippen molar-refractivity contribution in [3.63, 3.8) is 0 Å². The van der Waals surface area contributed by atoms with Crippen molar-refractivity contribution in [1.29, 1.82) is 0 Å². The highest BCUT2D eigenvalue weighted by atomic mass is 16.2. The van der Waals surface area contributed by atoms with Crippen LogP contribution in [0.3, 0.4) is 0 Å². The third-order valence-corrected chi connectivity index (χ3v) is 3.23. The van der Waals surface area contributed by atoms with Crippen molar-refractivity contribution in [1.82, 2.24) is 4.90 Å². The first kappa shape index (κ1) is 13.6. The Morgan fingerprint density at radius 2 is 2.26 bits per heavy atom. The van der Waals surface area contributed by atoms with Gasteiger partial charge in [-0.15, -0.1) is 0 Å². The van der Waals surface area contributed by atoms with E-state index in [2.05, 4.69) is 5.32 Å². The molecule has 1 aliphatic heterocycles. The van der Waals surface area contributed by atoms with Crippen molar-refractivity contribution in [3.8, 4) is 0 Å². The lowest BCUT2D eigenvalue weighted by Crippen LogP contribution is -2.23. The second-order valence-electron chi connectivity index (χ2n) is 4.92. The number of hydrogen-bond donors (Lipinski definition) is 1. The van der Waals surface area contributed by atoms with E-state index in [4.69, 9.17) is 0 Å². The highest BCUT2D eigenvalue weighted by Crippen LogP contribution is 2.17. The Hall–Kier alpha value is -1.84. The third-order valence-electron chi connectivity index (χ3n) is 3.23. The summed E-state index contributed by atoms with van der Waals surface area (Å²) >= 11 is 0. The van der Waals surface area contributed by atoms with Crippen molar-refractivity contribution < 1.29 is 9.59 Å². The van der Waals surface area contributed by atoms with E-state index in [0.29, 0.717) is 19.4 Å². The normalized spacial score (nSPS) is 14.8. The van der Waals surface area contributed by atoms with Crippen LogP contribution in [0.15, 0.2) is 24.3 Å². The Balaban J connectivity index is 1.98. The third kappa shape index (κ3) is 3.81. The van der Waals surface area contributed by atoms with Gasteiger partial charge in [0.25, 0.3) is 0 Å². The molecule has 0 aromatic heterocycles. The van der Waals surface area contributed by atoms with Gasteiger partial charge in [0.2, 0.25) is 11.8 Å². The van der Waals surface area contributed by atoms with Crippen molar-refractivity contribution in [3.05, 3.63) is 29.8 Å². The fourth-order valence-electron chi connectivity index (χ4n) is 2.29. The number of likely N-dealkylation sites (tertiary alicyclic amines) is 1. The summed E-state index contributed by atoms with van der Waals surface area (Å²) in [6.07, 6.45) is 2.99. The van der Waals surface area contributed by atoms with Crippen LogP contribution in [-0.4, -0.2) is 23.3 Å². The lowest BCUT2D eigenvalue weighted by Gasteiger charge is -2.16. The Bertz CT molecular complexity index is 471. The number of nitrogens with zero attached hydrogens (tertiary/aromatic N) is 1. The summed E-state index contributed by atoms with van der Waals surface area (Å²) < 4.78 is 0. The van der Waals surface area contributed by atoms with E-state index in [-0.39, 0.29) is 11.8 Å². The number of rotatable bonds is 5. The van der Waals surface area contributed by atoms with Gasteiger partial charge >= 0.3 is 0 Å². The summed E-state index contributed by atoms with van der Waals surface area (Å²) in [6, 6.07) is 7.72. The maximum atomic E-state index is 11.6. The molecule has 1 fully saturated rings. The standard InChI is InChI=1S/C15H20N2O2/c1-2-5-14(18)16-13-7-3-6-12(10-13)11-17-9-4-8-15(17)19/h3,6-7,10H,2,4-5,8-9,11H2,1H3,(H,16,18). The van der Waals surface area contributed by atoms with Gasteiger partial charge in [0, 0.05) is 31.6 Å². The molecule has 1 saturated heterocycles. The minimum absolute atomic E-state index is 0.0388.